The quantitative estimate of drug-likeness (QED) is 0.231. The maximum absolute atomic E-state index is 12.5. The first-order valence-electron chi connectivity index (χ1n) is 15.9. The van der Waals surface area contributed by atoms with Gasteiger partial charge in [0.05, 0.1) is 19.3 Å². The number of aliphatic carboxylic acids is 3. The summed E-state index contributed by atoms with van der Waals surface area (Å²) in [5, 5.41) is 29.4. The van der Waals surface area contributed by atoms with Crippen molar-refractivity contribution in [2.75, 3.05) is 0 Å². The molecule has 0 aromatic heterocycles. The van der Waals surface area contributed by atoms with Gasteiger partial charge in [-0.3, -0.25) is 19.2 Å². The summed E-state index contributed by atoms with van der Waals surface area (Å²) >= 11 is 0. The number of rotatable bonds is 12. The highest BCUT2D eigenvalue weighted by Gasteiger charge is 2.60. The monoisotopic (exact) mass is 591 g/mol. The van der Waals surface area contributed by atoms with Gasteiger partial charge in [0.1, 0.15) is 12.1 Å². The van der Waals surface area contributed by atoms with E-state index in [0.717, 1.165) is 38.5 Å². The molecule has 4 aliphatic rings. The summed E-state index contributed by atoms with van der Waals surface area (Å²) in [6.07, 6.45) is 9.58. The van der Waals surface area contributed by atoms with Crippen molar-refractivity contribution in [3.63, 3.8) is 0 Å². The van der Waals surface area contributed by atoms with E-state index in [-0.39, 0.29) is 36.2 Å². The average molecular weight is 592 g/mol. The van der Waals surface area contributed by atoms with Crippen LogP contribution in [-0.2, 0) is 28.7 Å². The molecule has 10 atom stereocenters. The number of ether oxygens (including phenoxy) is 1. The first-order chi connectivity index (χ1) is 19.7. The lowest BCUT2D eigenvalue weighted by atomic mass is 9.44. The summed E-state index contributed by atoms with van der Waals surface area (Å²) < 4.78 is 5.70. The molecule has 4 rings (SSSR count). The Kier molecular flexibility index (Phi) is 9.93. The van der Waals surface area contributed by atoms with Crippen molar-refractivity contribution in [1.82, 2.24) is 5.32 Å². The van der Waals surface area contributed by atoms with Crippen LogP contribution in [0.3, 0.4) is 0 Å². The number of hydrogen-bond donors (Lipinski definition) is 4. The SMILES string of the molecule is CC(CCC(=O)NC(CC(=O)O)C(=O)O)C1CC[C@H]2C3CC[C@@H]4C[C@H](OC(=O)CCC(=O)O)CC[C@]4(C)C3CC[C@]12C. The van der Waals surface area contributed by atoms with E-state index in [1.165, 1.54) is 19.3 Å². The molecule has 0 spiro atoms. The number of carbonyl (C=O) groups is 5. The molecule has 0 bridgehead atoms. The molecule has 4 fully saturated rings. The molecule has 4 saturated carbocycles. The van der Waals surface area contributed by atoms with E-state index >= 15 is 0 Å². The molecule has 236 valence electrons. The minimum Gasteiger partial charge on any atom is -0.481 e. The normalized spacial score (nSPS) is 36.8. The highest BCUT2D eigenvalue weighted by molar-refractivity contribution is 5.86. The smallest absolute Gasteiger partial charge is 0.326 e. The minimum absolute atomic E-state index is 0.0728. The molecular formula is C32H49NO9. The Hall–Kier alpha value is -2.65. The summed E-state index contributed by atoms with van der Waals surface area (Å²) in [5.41, 5.74) is 0.441. The first kappa shape index (κ1) is 32.3. The zero-order chi connectivity index (χ0) is 30.8. The number of nitrogens with one attached hydrogen (secondary N) is 1. The van der Waals surface area contributed by atoms with Crippen molar-refractivity contribution in [3.05, 3.63) is 0 Å². The van der Waals surface area contributed by atoms with Crippen molar-refractivity contribution < 1.29 is 44.0 Å². The Morgan fingerprint density at radius 3 is 2.19 bits per heavy atom. The number of amides is 1. The number of hydrogen-bond acceptors (Lipinski definition) is 6. The van der Waals surface area contributed by atoms with E-state index in [0.29, 0.717) is 41.9 Å². The summed E-state index contributed by atoms with van der Waals surface area (Å²) in [5.74, 6) is -1.10. The van der Waals surface area contributed by atoms with E-state index in [9.17, 15) is 29.1 Å². The molecule has 0 radical (unpaired) electrons. The van der Waals surface area contributed by atoms with Crippen LogP contribution in [0.1, 0.15) is 111 Å². The van der Waals surface area contributed by atoms with Crippen LogP contribution < -0.4 is 5.32 Å². The van der Waals surface area contributed by atoms with Crippen LogP contribution >= 0.6 is 0 Å². The van der Waals surface area contributed by atoms with Crippen molar-refractivity contribution >= 4 is 29.8 Å². The number of carbonyl (C=O) groups excluding carboxylic acids is 2. The van der Waals surface area contributed by atoms with E-state index in [1.807, 2.05) is 0 Å². The molecule has 4 N–H and O–H groups in total. The van der Waals surface area contributed by atoms with E-state index in [4.69, 9.17) is 14.9 Å². The van der Waals surface area contributed by atoms with Gasteiger partial charge in [-0.1, -0.05) is 20.8 Å². The van der Waals surface area contributed by atoms with Crippen molar-refractivity contribution in [2.24, 2.45) is 46.3 Å². The third kappa shape index (κ3) is 6.77. The van der Waals surface area contributed by atoms with E-state index in [2.05, 4.69) is 26.1 Å². The van der Waals surface area contributed by atoms with Gasteiger partial charge in [-0.15, -0.1) is 0 Å². The second-order valence-corrected chi connectivity index (χ2v) is 14.2. The summed E-state index contributed by atoms with van der Waals surface area (Å²) in [6, 6.07) is -1.41. The molecule has 1 amide bonds. The van der Waals surface area contributed by atoms with Crippen LogP contribution in [0.15, 0.2) is 0 Å². The van der Waals surface area contributed by atoms with Crippen molar-refractivity contribution in [1.29, 1.82) is 0 Å². The largest absolute Gasteiger partial charge is 0.481 e. The Labute approximate surface area is 248 Å². The van der Waals surface area contributed by atoms with Crippen LogP contribution in [0.25, 0.3) is 0 Å². The highest BCUT2D eigenvalue weighted by Crippen LogP contribution is 2.68. The molecule has 0 saturated heterocycles. The summed E-state index contributed by atoms with van der Waals surface area (Å²) in [6.45, 7) is 7.13. The van der Waals surface area contributed by atoms with Gasteiger partial charge in [0.15, 0.2) is 0 Å². The maximum atomic E-state index is 12.5. The van der Waals surface area contributed by atoms with E-state index in [1.54, 1.807) is 0 Å². The third-order valence-electron chi connectivity index (χ3n) is 12.1. The molecule has 10 nitrogen and oxygen atoms in total. The first-order valence-corrected chi connectivity index (χ1v) is 15.9. The second kappa shape index (κ2) is 12.9. The van der Waals surface area contributed by atoms with Crippen molar-refractivity contribution in [2.45, 2.75) is 123 Å². The van der Waals surface area contributed by atoms with Gasteiger partial charge in [-0.25, -0.2) is 4.79 Å². The highest BCUT2D eigenvalue weighted by atomic mass is 16.5. The van der Waals surface area contributed by atoms with Gasteiger partial charge < -0.3 is 25.4 Å². The number of esters is 1. The molecular weight excluding hydrogens is 542 g/mol. The van der Waals surface area contributed by atoms with Crippen LogP contribution in [0, 0.1) is 46.3 Å². The Morgan fingerprint density at radius 1 is 0.833 bits per heavy atom. The third-order valence-corrected chi connectivity index (χ3v) is 12.1. The molecule has 0 aromatic rings. The molecule has 42 heavy (non-hydrogen) atoms. The topological polar surface area (TPSA) is 167 Å². The Morgan fingerprint density at radius 2 is 1.52 bits per heavy atom. The molecule has 4 aliphatic carbocycles. The zero-order valence-corrected chi connectivity index (χ0v) is 25.3. The number of fused-ring (bicyclic) bond motifs is 5. The molecule has 0 aliphatic heterocycles. The predicted octanol–water partition coefficient (Wildman–Crippen LogP) is 4.88. The van der Waals surface area contributed by atoms with Gasteiger partial charge in [-0.05, 0) is 111 Å². The van der Waals surface area contributed by atoms with Crippen LogP contribution in [0.2, 0.25) is 0 Å². The van der Waals surface area contributed by atoms with Crippen LogP contribution in [0.4, 0.5) is 0 Å². The van der Waals surface area contributed by atoms with Gasteiger partial charge in [-0.2, -0.15) is 0 Å². The standard InChI is InChI=1S/C32H49NO9/c1-18(4-9-26(34)33-25(30(40)41)17-28(37)38)22-7-8-23-21-6-5-19-16-20(42-29(39)11-10-27(35)36)12-14-31(19,2)24(21)13-15-32(22,23)3/h18-25H,4-17H2,1-3H3,(H,33,34)(H,35,36)(H,37,38)(H,40,41)/t18?,19-,20-,21?,22?,23+,24?,25?,31+,32-/m1/s1. The average Bonchev–Trinajstić information content (AvgIpc) is 3.27. The van der Waals surface area contributed by atoms with Gasteiger partial charge in [0, 0.05) is 6.42 Å². The van der Waals surface area contributed by atoms with Crippen molar-refractivity contribution in [3.8, 4) is 0 Å². The second-order valence-electron chi connectivity index (χ2n) is 14.2. The fraction of sp³-hybridized carbons (Fsp3) is 0.844. The lowest BCUT2D eigenvalue weighted by molar-refractivity contribution is -0.164. The lowest BCUT2D eigenvalue weighted by Gasteiger charge is -2.61. The fourth-order valence-electron chi connectivity index (χ4n) is 9.96. The van der Waals surface area contributed by atoms with Crippen LogP contribution in [-0.4, -0.2) is 57.2 Å². The number of carboxylic acid groups (broad SMARTS) is 3. The molecule has 0 heterocycles. The Bertz CT molecular complexity index is 1060. The summed E-state index contributed by atoms with van der Waals surface area (Å²) in [4.78, 5) is 57.8. The number of carboxylic acids is 3. The fourth-order valence-corrected chi connectivity index (χ4v) is 9.96. The lowest BCUT2D eigenvalue weighted by Crippen LogP contribution is -2.54. The molecule has 0 aromatic carbocycles. The minimum atomic E-state index is -1.41. The van der Waals surface area contributed by atoms with Gasteiger partial charge >= 0.3 is 23.9 Å². The predicted molar refractivity (Wildman–Crippen MR) is 152 cm³/mol. The van der Waals surface area contributed by atoms with Gasteiger partial charge in [0.25, 0.3) is 0 Å². The molecule has 5 unspecified atom stereocenters. The van der Waals surface area contributed by atoms with Gasteiger partial charge in [0.2, 0.25) is 5.91 Å². The molecule has 10 heteroatoms. The summed E-state index contributed by atoms with van der Waals surface area (Å²) in [7, 11) is 0. The Balaban J connectivity index is 1.33. The van der Waals surface area contributed by atoms with E-state index < -0.39 is 42.2 Å². The maximum Gasteiger partial charge on any atom is 0.326 e. The zero-order valence-electron chi connectivity index (χ0n) is 25.3. The van der Waals surface area contributed by atoms with Crippen LogP contribution in [0.5, 0.6) is 0 Å².